The first-order valence-corrected chi connectivity index (χ1v) is 6.36. The van der Waals surface area contributed by atoms with Gasteiger partial charge in [0, 0.05) is 10.0 Å². The summed E-state index contributed by atoms with van der Waals surface area (Å²) in [6.07, 6.45) is 0. The zero-order chi connectivity index (χ0) is 14.7. The van der Waals surface area contributed by atoms with Crippen LogP contribution in [-0.2, 0) is 6.61 Å². The molecule has 104 valence electrons. The lowest BCUT2D eigenvalue weighted by Gasteiger charge is -2.10. The van der Waals surface area contributed by atoms with Crippen LogP contribution in [-0.4, -0.2) is 11.1 Å². The highest BCUT2D eigenvalue weighted by Gasteiger charge is 2.12. The Morgan fingerprint density at radius 2 is 1.95 bits per heavy atom. The maximum Gasteiger partial charge on any atom is 0.336 e. The first-order valence-electron chi connectivity index (χ1n) is 5.57. The number of hydrogen-bond donors (Lipinski definition) is 1. The largest absolute Gasteiger partial charge is 0.486 e. The van der Waals surface area contributed by atoms with Gasteiger partial charge in [-0.1, -0.05) is 15.9 Å². The predicted octanol–water partition coefficient (Wildman–Crippen LogP) is 4.00. The Kier molecular flexibility index (Phi) is 4.34. The van der Waals surface area contributed by atoms with E-state index in [2.05, 4.69) is 15.9 Å². The van der Waals surface area contributed by atoms with Gasteiger partial charge in [-0.25, -0.2) is 13.6 Å². The minimum Gasteiger partial charge on any atom is -0.486 e. The SMILES string of the molecule is O=C(O)c1ccc(F)cc1COc1ccc(Br)cc1F. The number of halogens is 3. The lowest BCUT2D eigenvalue weighted by molar-refractivity contribution is 0.0694. The molecule has 0 atom stereocenters. The van der Waals surface area contributed by atoms with Crippen LogP contribution in [0.25, 0.3) is 0 Å². The van der Waals surface area contributed by atoms with Crippen molar-refractivity contribution in [1.29, 1.82) is 0 Å². The van der Waals surface area contributed by atoms with Crippen molar-refractivity contribution in [2.75, 3.05) is 0 Å². The van der Waals surface area contributed by atoms with Crippen LogP contribution in [0.3, 0.4) is 0 Å². The summed E-state index contributed by atoms with van der Waals surface area (Å²) in [5, 5.41) is 8.99. The molecule has 3 nitrogen and oxygen atoms in total. The number of carboxylic acids is 1. The lowest BCUT2D eigenvalue weighted by atomic mass is 10.1. The summed E-state index contributed by atoms with van der Waals surface area (Å²) in [6.45, 7) is -0.238. The maximum atomic E-state index is 13.5. The number of aromatic carboxylic acids is 1. The summed E-state index contributed by atoms with van der Waals surface area (Å²) in [7, 11) is 0. The van der Waals surface area contributed by atoms with E-state index in [0.717, 1.165) is 18.2 Å². The highest BCUT2D eigenvalue weighted by molar-refractivity contribution is 9.10. The summed E-state index contributed by atoms with van der Waals surface area (Å²) in [5.41, 5.74) is 0.0590. The number of carboxylic acid groups (broad SMARTS) is 1. The average molecular weight is 343 g/mol. The molecule has 0 radical (unpaired) electrons. The maximum absolute atomic E-state index is 13.5. The van der Waals surface area contributed by atoms with Crippen LogP contribution in [0.15, 0.2) is 40.9 Å². The molecule has 0 bridgehead atoms. The van der Waals surface area contributed by atoms with Crippen LogP contribution < -0.4 is 4.74 Å². The molecule has 0 aromatic heterocycles. The van der Waals surface area contributed by atoms with Gasteiger partial charge >= 0.3 is 5.97 Å². The molecule has 6 heteroatoms. The van der Waals surface area contributed by atoms with Crippen molar-refractivity contribution < 1.29 is 23.4 Å². The van der Waals surface area contributed by atoms with Gasteiger partial charge in [-0.2, -0.15) is 0 Å². The third kappa shape index (κ3) is 3.33. The summed E-state index contributed by atoms with van der Waals surface area (Å²) in [6, 6.07) is 7.46. The molecule has 0 spiro atoms. The van der Waals surface area contributed by atoms with Crippen LogP contribution in [0, 0.1) is 11.6 Å². The molecule has 2 aromatic rings. The highest BCUT2D eigenvalue weighted by Crippen LogP contribution is 2.23. The van der Waals surface area contributed by atoms with Gasteiger partial charge in [0.2, 0.25) is 0 Å². The van der Waals surface area contributed by atoms with Gasteiger partial charge in [-0.3, -0.25) is 0 Å². The van der Waals surface area contributed by atoms with Gasteiger partial charge in [0.25, 0.3) is 0 Å². The van der Waals surface area contributed by atoms with Gasteiger partial charge in [0.15, 0.2) is 11.6 Å². The third-order valence-corrected chi connectivity index (χ3v) is 3.07. The van der Waals surface area contributed by atoms with E-state index in [1.807, 2.05) is 0 Å². The molecule has 0 heterocycles. The van der Waals surface area contributed by atoms with Gasteiger partial charge in [0.1, 0.15) is 12.4 Å². The smallest absolute Gasteiger partial charge is 0.336 e. The molecule has 2 aromatic carbocycles. The summed E-state index contributed by atoms with van der Waals surface area (Å²) in [5.74, 6) is -2.40. The number of benzene rings is 2. The Hall–Kier alpha value is -1.95. The zero-order valence-corrected chi connectivity index (χ0v) is 11.7. The normalized spacial score (nSPS) is 10.3. The van der Waals surface area contributed by atoms with Gasteiger partial charge < -0.3 is 9.84 Å². The summed E-state index contributed by atoms with van der Waals surface area (Å²) < 4.78 is 32.4. The predicted molar refractivity (Wildman–Crippen MR) is 71.8 cm³/mol. The number of hydrogen-bond acceptors (Lipinski definition) is 2. The number of ether oxygens (including phenoxy) is 1. The molecule has 0 unspecified atom stereocenters. The zero-order valence-electron chi connectivity index (χ0n) is 10.1. The van der Waals surface area contributed by atoms with Crippen molar-refractivity contribution in [2.45, 2.75) is 6.61 Å². The van der Waals surface area contributed by atoms with Crippen molar-refractivity contribution in [2.24, 2.45) is 0 Å². The quantitative estimate of drug-likeness (QED) is 0.913. The fourth-order valence-corrected chi connectivity index (χ4v) is 1.97. The Bertz CT molecular complexity index is 659. The minimum atomic E-state index is -1.19. The Labute approximate surface area is 121 Å². The molecule has 1 N–H and O–H groups in total. The monoisotopic (exact) mass is 342 g/mol. The minimum absolute atomic E-state index is 0.0335. The van der Waals surface area contributed by atoms with E-state index in [4.69, 9.17) is 9.84 Å². The summed E-state index contributed by atoms with van der Waals surface area (Å²) >= 11 is 3.11. The molecule has 0 aliphatic carbocycles. The molecule has 0 saturated carbocycles. The molecule has 2 rings (SSSR count). The fraction of sp³-hybridized carbons (Fsp3) is 0.0714. The van der Waals surface area contributed by atoms with Crippen molar-refractivity contribution in [3.8, 4) is 5.75 Å². The Balaban J connectivity index is 2.22. The van der Waals surface area contributed by atoms with Crippen molar-refractivity contribution in [3.63, 3.8) is 0 Å². The van der Waals surface area contributed by atoms with Crippen molar-refractivity contribution in [3.05, 3.63) is 63.6 Å². The van der Waals surface area contributed by atoms with E-state index < -0.39 is 17.6 Å². The highest BCUT2D eigenvalue weighted by atomic mass is 79.9. The second-order valence-corrected chi connectivity index (χ2v) is 4.89. The van der Waals surface area contributed by atoms with E-state index in [0.29, 0.717) is 4.47 Å². The Morgan fingerprint density at radius 1 is 1.20 bits per heavy atom. The van der Waals surface area contributed by atoms with E-state index in [1.165, 1.54) is 12.1 Å². The molecule has 20 heavy (non-hydrogen) atoms. The average Bonchev–Trinajstić information content (AvgIpc) is 2.37. The lowest BCUT2D eigenvalue weighted by Crippen LogP contribution is -2.06. The third-order valence-electron chi connectivity index (χ3n) is 2.57. The van der Waals surface area contributed by atoms with Crippen LogP contribution in [0.1, 0.15) is 15.9 Å². The first-order chi connectivity index (χ1) is 9.47. The number of carbonyl (C=O) groups is 1. The van der Waals surface area contributed by atoms with Crippen LogP contribution >= 0.6 is 15.9 Å². The van der Waals surface area contributed by atoms with Crippen LogP contribution in [0.5, 0.6) is 5.75 Å². The van der Waals surface area contributed by atoms with Crippen molar-refractivity contribution >= 4 is 21.9 Å². The van der Waals surface area contributed by atoms with Crippen LogP contribution in [0.4, 0.5) is 8.78 Å². The van der Waals surface area contributed by atoms with E-state index in [1.54, 1.807) is 6.07 Å². The van der Waals surface area contributed by atoms with Gasteiger partial charge in [-0.05, 0) is 36.4 Å². The second kappa shape index (κ2) is 6.00. The van der Waals surface area contributed by atoms with E-state index in [9.17, 15) is 13.6 Å². The van der Waals surface area contributed by atoms with Gasteiger partial charge in [-0.15, -0.1) is 0 Å². The van der Waals surface area contributed by atoms with Crippen molar-refractivity contribution in [1.82, 2.24) is 0 Å². The molecule has 0 aliphatic rings. The van der Waals surface area contributed by atoms with E-state index in [-0.39, 0.29) is 23.5 Å². The fourth-order valence-electron chi connectivity index (χ4n) is 1.64. The first kappa shape index (κ1) is 14.5. The molecule has 0 saturated heterocycles. The van der Waals surface area contributed by atoms with Crippen LogP contribution in [0.2, 0.25) is 0 Å². The topological polar surface area (TPSA) is 46.5 Å². The Morgan fingerprint density at radius 3 is 2.60 bits per heavy atom. The summed E-state index contributed by atoms with van der Waals surface area (Å²) in [4.78, 5) is 11.0. The number of rotatable bonds is 4. The molecule has 0 amide bonds. The molecule has 0 fully saturated rings. The van der Waals surface area contributed by atoms with E-state index >= 15 is 0 Å². The second-order valence-electron chi connectivity index (χ2n) is 3.97. The molecular formula is C14H9BrF2O3. The molecular weight excluding hydrogens is 334 g/mol. The standard InChI is InChI=1S/C14H9BrF2O3/c15-9-1-4-13(12(17)6-9)20-7-8-5-10(16)2-3-11(8)14(18)19/h1-6H,7H2,(H,18,19). The van der Waals surface area contributed by atoms with Gasteiger partial charge in [0.05, 0.1) is 5.56 Å². The molecule has 0 aliphatic heterocycles.